The van der Waals surface area contributed by atoms with Crippen molar-refractivity contribution in [3.8, 4) is 5.75 Å². The van der Waals surface area contributed by atoms with Crippen molar-refractivity contribution in [2.45, 2.75) is 6.92 Å². The molecule has 1 aromatic carbocycles. The van der Waals surface area contributed by atoms with E-state index in [2.05, 4.69) is 0 Å². The summed E-state index contributed by atoms with van der Waals surface area (Å²) in [4.78, 5) is 10.7. The summed E-state index contributed by atoms with van der Waals surface area (Å²) in [5, 5.41) is 8.88. The van der Waals surface area contributed by atoms with Crippen molar-refractivity contribution >= 4 is 27.4 Å². The minimum Gasteiger partial charge on any atom is -0.491 e. The van der Waals surface area contributed by atoms with E-state index in [1.807, 2.05) is 0 Å². The SMILES string of the molecule is CCS(=O)(=O)CCOc1ccc(C(=O)O)cc1Cl. The molecule has 0 atom stereocenters. The van der Waals surface area contributed by atoms with E-state index in [1.54, 1.807) is 6.92 Å². The summed E-state index contributed by atoms with van der Waals surface area (Å²) < 4.78 is 27.7. The normalized spacial score (nSPS) is 11.2. The molecule has 7 heteroatoms. The minimum absolute atomic E-state index is 0.0116. The largest absolute Gasteiger partial charge is 0.491 e. The highest BCUT2D eigenvalue weighted by molar-refractivity contribution is 7.91. The molecule has 0 amide bonds. The Morgan fingerprint density at radius 3 is 2.61 bits per heavy atom. The molecule has 5 nitrogen and oxygen atoms in total. The van der Waals surface area contributed by atoms with Gasteiger partial charge in [0.15, 0.2) is 9.84 Å². The van der Waals surface area contributed by atoms with Gasteiger partial charge >= 0.3 is 5.97 Å². The van der Waals surface area contributed by atoms with Crippen LogP contribution in [0.3, 0.4) is 0 Å². The Kier molecular flexibility index (Phi) is 4.98. The lowest BCUT2D eigenvalue weighted by atomic mass is 10.2. The molecule has 0 aliphatic heterocycles. The van der Waals surface area contributed by atoms with Crippen LogP contribution in [-0.4, -0.2) is 37.6 Å². The Labute approximate surface area is 110 Å². The van der Waals surface area contributed by atoms with E-state index in [0.717, 1.165) is 0 Å². The maximum atomic E-state index is 11.2. The van der Waals surface area contributed by atoms with Crippen molar-refractivity contribution in [3.63, 3.8) is 0 Å². The highest BCUT2D eigenvalue weighted by Gasteiger charge is 2.10. The number of carboxylic acids is 1. The lowest BCUT2D eigenvalue weighted by molar-refractivity contribution is 0.0697. The first kappa shape index (κ1) is 14.8. The van der Waals surface area contributed by atoms with E-state index < -0.39 is 15.8 Å². The van der Waals surface area contributed by atoms with Crippen LogP contribution in [0.1, 0.15) is 17.3 Å². The summed E-state index contributed by atoms with van der Waals surface area (Å²) in [6.07, 6.45) is 0. The fourth-order valence-corrected chi connectivity index (χ4v) is 2.03. The first-order valence-corrected chi connectivity index (χ1v) is 7.41. The zero-order chi connectivity index (χ0) is 13.8. The average Bonchev–Trinajstić information content (AvgIpc) is 2.31. The molecular weight excluding hydrogens is 280 g/mol. The average molecular weight is 293 g/mol. The van der Waals surface area contributed by atoms with Gasteiger partial charge in [-0.05, 0) is 18.2 Å². The summed E-state index contributed by atoms with van der Waals surface area (Å²) in [7, 11) is -3.09. The third kappa shape index (κ3) is 4.19. The van der Waals surface area contributed by atoms with Crippen molar-refractivity contribution in [1.29, 1.82) is 0 Å². The van der Waals surface area contributed by atoms with Gasteiger partial charge < -0.3 is 9.84 Å². The summed E-state index contributed by atoms with van der Waals surface area (Å²) in [6.45, 7) is 1.55. The number of hydrogen-bond donors (Lipinski definition) is 1. The Balaban J connectivity index is 2.67. The zero-order valence-corrected chi connectivity index (χ0v) is 11.3. The fraction of sp³-hybridized carbons (Fsp3) is 0.364. The second-order valence-electron chi connectivity index (χ2n) is 3.54. The second kappa shape index (κ2) is 6.06. The molecule has 1 aromatic rings. The van der Waals surface area contributed by atoms with Crippen LogP contribution in [0.5, 0.6) is 5.75 Å². The number of aromatic carboxylic acids is 1. The molecule has 0 bridgehead atoms. The Morgan fingerprint density at radius 1 is 1.44 bits per heavy atom. The van der Waals surface area contributed by atoms with Gasteiger partial charge in [0.25, 0.3) is 0 Å². The number of rotatable bonds is 6. The van der Waals surface area contributed by atoms with Crippen molar-refractivity contribution < 1.29 is 23.1 Å². The van der Waals surface area contributed by atoms with E-state index in [0.29, 0.717) is 0 Å². The van der Waals surface area contributed by atoms with Crippen LogP contribution in [0.4, 0.5) is 0 Å². The molecule has 0 fully saturated rings. The van der Waals surface area contributed by atoms with Crippen molar-refractivity contribution in [1.82, 2.24) is 0 Å². The lowest BCUT2D eigenvalue weighted by Crippen LogP contribution is -2.15. The highest BCUT2D eigenvalue weighted by atomic mass is 35.5. The molecule has 100 valence electrons. The Hall–Kier alpha value is -1.27. The molecule has 0 heterocycles. The van der Waals surface area contributed by atoms with E-state index in [-0.39, 0.29) is 34.4 Å². The maximum absolute atomic E-state index is 11.2. The maximum Gasteiger partial charge on any atom is 0.335 e. The highest BCUT2D eigenvalue weighted by Crippen LogP contribution is 2.25. The van der Waals surface area contributed by atoms with E-state index in [9.17, 15) is 13.2 Å². The summed E-state index contributed by atoms with van der Waals surface area (Å²) in [5.74, 6) is -0.854. The standard InChI is InChI=1S/C11H13ClO5S/c1-2-18(15,16)6-5-17-10-4-3-8(11(13)14)7-9(10)12/h3-4,7H,2,5-6H2,1H3,(H,13,14). The van der Waals surface area contributed by atoms with E-state index in [1.165, 1.54) is 18.2 Å². The molecule has 0 saturated heterocycles. The number of hydrogen-bond acceptors (Lipinski definition) is 4. The van der Waals surface area contributed by atoms with Crippen LogP contribution in [-0.2, 0) is 9.84 Å². The molecule has 0 radical (unpaired) electrons. The Morgan fingerprint density at radius 2 is 2.11 bits per heavy atom. The number of ether oxygens (including phenoxy) is 1. The van der Waals surface area contributed by atoms with Crippen LogP contribution < -0.4 is 4.74 Å². The van der Waals surface area contributed by atoms with Crippen LogP contribution in [0.15, 0.2) is 18.2 Å². The van der Waals surface area contributed by atoms with E-state index in [4.69, 9.17) is 21.4 Å². The van der Waals surface area contributed by atoms with Gasteiger partial charge in [-0.15, -0.1) is 0 Å². The van der Waals surface area contributed by atoms with Gasteiger partial charge in [-0.1, -0.05) is 18.5 Å². The quantitative estimate of drug-likeness (QED) is 0.865. The molecule has 0 aromatic heterocycles. The molecule has 0 unspecified atom stereocenters. The lowest BCUT2D eigenvalue weighted by Gasteiger charge is -2.08. The van der Waals surface area contributed by atoms with Gasteiger partial charge in [0.05, 0.1) is 16.3 Å². The molecule has 18 heavy (non-hydrogen) atoms. The number of sulfone groups is 1. The summed E-state index contributed by atoms with van der Waals surface area (Å²) >= 11 is 5.82. The number of carboxylic acid groups (broad SMARTS) is 1. The molecular formula is C11H13ClO5S. The fourth-order valence-electron chi connectivity index (χ4n) is 1.17. The zero-order valence-electron chi connectivity index (χ0n) is 9.72. The van der Waals surface area contributed by atoms with E-state index >= 15 is 0 Å². The third-order valence-electron chi connectivity index (χ3n) is 2.27. The smallest absolute Gasteiger partial charge is 0.335 e. The van der Waals surface area contributed by atoms with Crippen molar-refractivity contribution in [3.05, 3.63) is 28.8 Å². The molecule has 1 rings (SSSR count). The van der Waals surface area contributed by atoms with Gasteiger partial charge in [0, 0.05) is 5.75 Å². The van der Waals surface area contributed by atoms with Gasteiger partial charge in [-0.3, -0.25) is 0 Å². The molecule has 0 saturated carbocycles. The van der Waals surface area contributed by atoms with Crippen LogP contribution in [0.2, 0.25) is 5.02 Å². The Bertz CT molecular complexity index is 538. The molecule has 0 aliphatic rings. The van der Waals surface area contributed by atoms with Crippen LogP contribution >= 0.6 is 11.6 Å². The minimum atomic E-state index is -3.09. The number of benzene rings is 1. The first-order chi connectivity index (χ1) is 8.35. The van der Waals surface area contributed by atoms with Gasteiger partial charge in [0.2, 0.25) is 0 Å². The topological polar surface area (TPSA) is 80.7 Å². The monoisotopic (exact) mass is 292 g/mol. The predicted octanol–water partition coefficient (Wildman–Crippen LogP) is 1.85. The van der Waals surface area contributed by atoms with Gasteiger partial charge in [0.1, 0.15) is 12.4 Å². The third-order valence-corrected chi connectivity index (χ3v) is 4.23. The number of halogens is 1. The summed E-state index contributed by atoms with van der Waals surface area (Å²) in [5.41, 5.74) is 0.0496. The summed E-state index contributed by atoms with van der Waals surface area (Å²) in [6, 6.07) is 4.01. The predicted molar refractivity (Wildman–Crippen MR) is 68.2 cm³/mol. The van der Waals surface area contributed by atoms with Crippen molar-refractivity contribution in [2.24, 2.45) is 0 Å². The van der Waals surface area contributed by atoms with Gasteiger partial charge in [-0.25, -0.2) is 13.2 Å². The number of carbonyl (C=O) groups is 1. The molecule has 0 aliphatic carbocycles. The molecule has 0 spiro atoms. The first-order valence-electron chi connectivity index (χ1n) is 5.22. The van der Waals surface area contributed by atoms with Crippen LogP contribution in [0, 0.1) is 0 Å². The second-order valence-corrected chi connectivity index (χ2v) is 6.42. The van der Waals surface area contributed by atoms with Crippen LogP contribution in [0.25, 0.3) is 0 Å². The van der Waals surface area contributed by atoms with Gasteiger partial charge in [-0.2, -0.15) is 0 Å². The molecule has 1 N–H and O–H groups in total. The van der Waals surface area contributed by atoms with Crippen molar-refractivity contribution in [2.75, 3.05) is 18.1 Å².